The lowest BCUT2D eigenvalue weighted by Crippen LogP contribution is -1.85. The third-order valence-corrected chi connectivity index (χ3v) is 2.79. The Morgan fingerprint density at radius 3 is 2.53 bits per heavy atom. The van der Waals surface area contributed by atoms with Crippen molar-refractivity contribution in [2.75, 3.05) is 7.11 Å². The van der Waals surface area contributed by atoms with Crippen molar-refractivity contribution in [3.8, 4) is 17.6 Å². The summed E-state index contributed by atoms with van der Waals surface area (Å²) in [5.74, 6) is 6.84. The summed E-state index contributed by atoms with van der Waals surface area (Å²) in [5, 5.41) is 0.734. The molecule has 0 unspecified atom stereocenters. The molecule has 2 aromatic carbocycles. The number of hydrogen-bond acceptors (Lipinski definition) is 1. The zero-order valence-electron chi connectivity index (χ0n) is 10.6. The van der Waals surface area contributed by atoms with Crippen molar-refractivity contribution in [3.63, 3.8) is 0 Å². The molecular weight excluding hydrogens is 256 g/mol. The van der Waals surface area contributed by atoms with Gasteiger partial charge in [0.15, 0.2) is 0 Å². The number of hydrogen-bond donors (Lipinski definition) is 0. The Hall–Kier alpha value is -2.17. The number of halogens is 1. The van der Waals surface area contributed by atoms with Crippen LogP contribution in [0.5, 0.6) is 5.75 Å². The molecule has 0 fully saturated rings. The van der Waals surface area contributed by atoms with Crippen LogP contribution in [0.25, 0.3) is 6.08 Å². The summed E-state index contributed by atoms with van der Waals surface area (Å²) in [6.45, 7) is 0. The molecule has 0 spiro atoms. The molecule has 0 aromatic heterocycles. The molecular formula is C17H13ClO. The second-order valence-corrected chi connectivity index (χ2v) is 4.29. The SMILES string of the molecule is COc1ccccc1C#C/C=C/c1ccc(Cl)cc1. The number of rotatable bonds is 2. The van der Waals surface area contributed by atoms with Crippen LogP contribution in [-0.4, -0.2) is 7.11 Å². The van der Waals surface area contributed by atoms with Gasteiger partial charge in [-0.1, -0.05) is 47.7 Å². The fraction of sp³-hybridized carbons (Fsp3) is 0.0588. The molecule has 0 aliphatic carbocycles. The Morgan fingerprint density at radius 1 is 1.05 bits per heavy atom. The summed E-state index contributed by atoms with van der Waals surface area (Å²) in [7, 11) is 1.64. The number of allylic oxidation sites excluding steroid dienone is 1. The van der Waals surface area contributed by atoms with E-state index in [0.29, 0.717) is 0 Å². The molecule has 0 saturated heterocycles. The van der Waals surface area contributed by atoms with E-state index in [4.69, 9.17) is 16.3 Å². The number of benzene rings is 2. The van der Waals surface area contributed by atoms with E-state index in [1.165, 1.54) is 0 Å². The van der Waals surface area contributed by atoms with Crippen molar-refractivity contribution in [1.29, 1.82) is 0 Å². The Bertz CT molecular complexity index is 630. The van der Waals surface area contributed by atoms with E-state index >= 15 is 0 Å². The van der Waals surface area contributed by atoms with Crippen LogP contribution in [0.2, 0.25) is 5.02 Å². The van der Waals surface area contributed by atoms with Crippen molar-refractivity contribution in [3.05, 3.63) is 70.8 Å². The van der Waals surface area contributed by atoms with E-state index in [2.05, 4.69) is 11.8 Å². The molecule has 0 N–H and O–H groups in total. The fourth-order valence-corrected chi connectivity index (χ4v) is 1.71. The van der Waals surface area contributed by atoms with Gasteiger partial charge in [-0.15, -0.1) is 0 Å². The van der Waals surface area contributed by atoms with E-state index < -0.39 is 0 Å². The van der Waals surface area contributed by atoms with Crippen LogP contribution in [0.3, 0.4) is 0 Å². The average molecular weight is 269 g/mol. The highest BCUT2D eigenvalue weighted by Gasteiger charge is 1.95. The number of para-hydroxylation sites is 1. The van der Waals surface area contributed by atoms with Crippen LogP contribution in [0, 0.1) is 11.8 Å². The molecule has 94 valence electrons. The van der Waals surface area contributed by atoms with Gasteiger partial charge >= 0.3 is 0 Å². The van der Waals surface area contributed by atoms with Crippen molar-refractivity contribution >= 4 is 17.7 Å². The highest BCUT2D eigenvalue weighted by molar-refractivity contribution is 6.30. The molecule has 0 heterocycles. The molecule has 2 rings (SSSR count). The van der Waals surface area contributed by atoms with E-state index in [9.17, 15) is 0 Å². The molecule has 0 atom stereocenters. The second-order valence-electron chi connectivity index (χ2n) is 3.85. The first-order valence-corrected chi connectivity index (χ1v) is 6.24. The molecule has 0 amide bonds. The quantitative estimate of drug-likeness (QED) is 0.733. The minimum atomic E-state index is 0.734. The zero-order valence-corrected chi connectivity index (χ0v) is 11.3. The van der Waals surface area contributed by atoms with Gasteiger partial charge in [-0.25, -0.2) is 0 Å². The van der Waals surface area contributed by atoms with Gasteiger partial charge in [0, 0.05) is 5.02 Å². The molecule has 0 aliphatic rings. The predicted octanol–water partition coefficient (Wildman–Crippen LogP) is 4.41. The molecule has 0 aliphatic heterocycles. The van der Waals surface area contributed by atoms with Gasteiger partial charge < -0.3 is 4.74 Å². The minimum absolute atomic E-state index is 0.734. The van der Waals surface area contributed by atoms with Crippen molar-refractivity contribution in [1.82, 2.24) is 0 Å². The van der Waals surface area contributed by atoms with Crippen molar-refractivity contribution in [2.45, 2.75) is 0 Å². The summed E-state index contributed by atoms with van der Waals surface area (Å²) in [6, 6.07) is 15.3. The van der Waals surface area contributed by atoms with Crippen LogP contribution >= 0.6 is 11.6 Å². The zero-order chi connectivity index (χ0) is 13.5. The van der Waals surface area contributed by atoms with Gasteiger partial charge in [0.25, 0.3) is 0 Å². The van der Waals surface area contributed by atoms with Gasteiger partial charge in [0.1, 0.15) is 5.75 Å². The topological polar surface area (TPSA) is 9.23 Å². The van der Waals surface area contributed by atoms with Crippen molar-refractivity contribution in [2.24, 2.45) is 0 Å². The monoisotopic (exact) mass is 268 g/mol. The van der Waals surface area contributed by atoms with E-state index in [-0.39, 0.29) is 0 Å². The normalized spacial score (nSPS) is 10.0. The molecule has 1 nitrogen and oxygen atoms in total. The Morgan fingerprint density at radius 2 is 1.79 bits per heavy atom. The van der Waals surface area contributed by atoms with Crippen LogP contribution < -0.4 is 4.74 Å². The van der Waals surface area contributed by atoms with E-state index in [0.717, 1.165) is 21.9 Å². The highest BCUT2D eigenvalue weighted by Crippen LogP contribution is 2.15. The van der Waals surface area contributed by atoms with Crippen LogP contribution in [0.4, 0.5) is 0 Å². The first kappa shape index (κ1) is 13.3. The maximum Gasteiger partial charge on any atom is 0.134 e. The molecule has 0 bridgehead atoms. The predicted molar refractivity (Wildman–Crippen MR) is 80.4 cm³/mol. The van der Waals surface area contributed by atoms with Crippen LogP contribution in [0.1, 0.15) is 11.1 Å². The first-order valence-electron chi connectivity index (χ1n) is 5.86. The highest BCUT2D eigenvalue weighted by atomic mass is 35.5. The molecule has 0 radical (unpaired) electrons. The van der Waals surface area contributed by atoms with Crippen molar-refractivity contribution < 1.29 is 4.74 Å². The Labute approximate surface area is 118 Å². The third-order valence-electron chi connectivity index (χ3n) is 2.54. The summed E-state index contributed by atoms with van der Waals surface area (Å²) in [6.07, 6.45) is 3.76. The lowest BCUT2D eigenvalue weighted by molar-refractivity contribution is 0.413. The molecule has 2 heteroatoms. The largest absolute Gasteiger partial charge is 0.495 e. The van der Waals surface area contributed by atoms with E-state index in [1.807, 2.05) is 60.7 Å². The standard InChI is InChI=1S/C17H13ClO/c1-19-17-9-5-4-8-15(17)7-3-2-6-14-10-12-16(18)13-11-14/h2,4-6,8-13H,1H3/b6-2+. The van der Waals surface area contributed by atoms with Gasteiger partial charge in [-0.05, 0) is 42.0 Å². The average Bonchev–Trinajstić information content (AvgIpc) is 2.46. The third kappa shape index (κ3) is 3.91. The van der Waals surface area contributed by atoms with E-state index in [1.54, 1.807) is 7.11 Å². The maximum absolute atomic E-state index is 5.82. The smallest absolute Gasteiger partial charge is 0.134 e. The molecule has 0 saturated carbocycles. The van der Waals surface area contributed by atoms with Gasteiger partial charge in [-0.3, -0.25) is 0 Å². The summed E-state index contributed by atoms with van der Waals surface area (Å²) >= 11 is 5.82. The lowest BCUT2D eigenvalue weighted by Gasteiger charge is -2.00. The summed E-state index contributed by atoms with van der Waals surface area (Å²) in [4.78, 5) is 0. The molecule has 19 heavy (non-hydrogen) atoms. The second kappa shape index (κ2) is 6.68. The van der Waals surface area contributed by atoms with Crippen LogP contribution in [0.15, 0.2) is 54.6 Å². The van der Waals surface area contributed by atoms with Gasteiger partial charge in [-0.2, -0.15) is 0 Å². The first-order chi connectivity index (χ1) is 9.29. The fourth-order valence-electron chi connectivity index (χ4n) is 1.58. The number of ether oxygens (including phenoxy) is 1. The van der Waals surface area contributed by atoms with Crippen LogP contribution in [-0.2, 0) is 0 Å². The number of methoxy groups -OCH3 is 1. The Kier molecular flexibility index (Phi) is 4.66. The maximum atomic E-state index is 5.82. The van der Waals surface area contributed by atoms with Gasteiger partial charge in [0.05, 0.1) is 12.7 Å². The summed E-state index contributed by atoms with van der Waals surface area (Å²) < 4.78 is 5.23. The minimum Gasteiger partial charge on any atom is -0.495 e. The summed E-state index contributed by atoms with van der Waals surface area (Å²) in [5.41, 5.74) is 1.95. The lowest BCUT2D eigenvalue weighted by atomic mass is 10.2. The molecule has 2 aromatic rings. The Balaban J connectivity index is 2.10. The van der Waals surface area contributed by atoms with Gasteiger partial charge in [0.2, 0.25) is 0 Å².